The summed E-state index contributed by atoms with van der Waals surface area (Å²) in [6, 6.07) is 11.6. The predicted octanol–water partition coefficient (Wildman–Crippen LogP) is 2.90. The number of carbonyl (C=O) groups excluding carboxylic acids is 1. The molecule has 6 heteroatoms. The fourth-order valence-electron chi connectivity index (χ4n) is 1.70. The van der Waals surface area contributed by atoms with Gasteiger partial charge in [-0.15, -0.1) is 23.1 Å². The van der Waals surface area contributed by atoms with Gasteiger partial charge in [0.25, 0.3) is 0 Å². The van der Waals surface area contributed by atoms with Crippen LogP contribution in [0.2, 0.25) is 0 Å². The van der Waals surface area contributed by atoms with E-state index in [9.17, 15) is 9.59 Å². The van der Waals surface area contributed by atoms with Crippen molar-refractivity contribution >= 4 is 35.0 Å². The molecule has 0 spiro atoms. The van der Waals surface area contributed by atoms with Gasteiger partial charge in [-0.2, -0.15) is 0 Å². The van der Waals surface area contributed by atoms with E-state index in [2.05, 4.69) is 5.32 Å². The quantitative estimate of drug-likeness (QED) is 0.770. The number of hydrogen-bond acceptors (Lipinski definition) is 4. The van der Waals surface area contributed by atoms with Crippen LogP contribution in [0.25, 0.3) is 0 Å². The summed E-state index contributed by atoms with van der Waals surface area (Å²) in [5, 5.41) is 13.4. The van der Waals surface area contributed by atoms with E-state index < -0.39 is 5.97 Å². The topological polar surface area (TPSA) is 66.4 Å². The van der Waals surface area contributed by atoms with Crippen molar-refractivity contribution < 1.29 is 14.7 Å². The van der Waals surface area contributed by atoms with E-state index in [1.54, 1.807) is 11.4 Å². The number of aromatic carboxylic acids is 1. The van der Waals surface area contributed by atoms with Crippen LogP contribution < -0.4 is 5.32 Å². The first-order chi connectivity index (χ1) is 10.1. The number of amides is 1. The number of nitrogens with one attached hydrogen (secondary N) is 1. The summed E-state index contributed by atoms with van der Waals surface area (Å²) < 4.78 is 0. The standard InChI is InChI=1S/C15H15NO3S2/c17-14(16-7-6-11-4-2-1-3-5-11)10-20-12-8-13(15(18)19)21-9-12/h1-5,8-9H,6-7,10H2,(H,16,17)(H,18,19). The van der Waals surface area contributed by atoms with Crippen LogP contribution in [0.4, 0.5) is 0 Å². The molecule has 0 saturated carbocycles. The molecule has 1 aromatic heterocycles. The molecule has 0 fully saturated rings. The molecule has 0 aliphatic heterocycles. The number of rotatable bonds is 7. The molecule has 2 N–H and O–H groups in total. The molecule has 1 amide bonds. The Balaban J connectivity index is 1.68. The number of benzene rings is 1. The largest absolute Gasteiger partial charge is 0.477 e. The minimum absolute atomic E-state index is 0.0426. The molecule has 1 aromatic carbocycles. The lowest BCUT2D eigenvalue weighted by Crippen LogP contribution is -2.27. The van der Waals surface area contributed by atoms with Gasteiger partial charge in [0.15, 0.2) is 0 Å². The second kappa shape index (κ2) is 7.85. The van der Waals surface area contributed by atoms with Crippen molar-refractivity contribution in [1.29, 1.82) is 0 Å². The van der Waals surface area contributed by atoms with Gasteiger partial charge in [-0.3, -0.25) is 4.79 Å². The van der Waals surface area contributed by atoms with E-state index in [-0.39, 0.29) is 5.91 Å². The third-order valence-electron chi connectivity index (χ3n) is 2.73. The SMILES string of the molecule is O=C(CSc1csc(C(=O)O)c1)NCCc1ccccc1. The first-order valence-electron chi connectivity index (χ1n) is 6.40. The number of carboxylic acids is 1. The van der Waals surface area contributed by atoms with Crippen LogP contribution in [-0.2, 0) is 11.2 Å². The summed E-state index contributed by atoms with van der Waals surface area (Å²) in [6.07, 6.45) is 0.804. The van der Waals surface area contributed by atoms with E-state index >= 15 is 0 Å². The Morgan fingerprint density at radius 3 is 2.67 bits per heavy atom. The summed E-state index contributed by atoms with van der Waals surface area (Å²) in [5.74, 6) is -0.678. The van der Waals surface area contributed by atoms with Crippen LogP contribution in [0.5, 0.6) is 0 Å². The number of hydrogen-bond donors (Lipinski definition) is 2. The Bertz CT molecular complexity index is 610. The van der Waals surface area contributed by atoms with Gasteiger partial charge in [0, 0.05) is 16.8 Å². The van der Waals surface area contributed by atoms with Crippen molar-refractivity contribution in [2.45, 2.75) is 11.3 Å². The van der Waals surface area contributed by atoms with E-state index in [1.807, 2.05) is 30.3 Å². The highest BCUT2D eigenvalue weighted by Gasteiger charge is 2.08. The number of thioether (sulfide) groups is 1. The van der Waals surface area contributed by atoms with Crippen LogP contribution in [-0.4, -0.2) is 29.3 Å². The fourth-order valence-corrected chi connectivity index (χ4v) is 3.40. The maximum Gasteiger partial charge on any atom is 0.345 e. The normalized spacial score (nSPS) is 10.3. The summed E-state index contributed by atoms with van der Waals surface area (Å²) >= 11 is 2.52. The zero-order chi connectivity index (χ0) is 15.1. The molecule has 0 unspecified atom stereocenters. The van der Waals surface area contributed by atoms with Crippen LogP contribution in [0.3, 0.4) is 0 Å². The molecular weight excluding hydrogens is 306 g/mol. The first kappa shape index (κ1) is 15.6. The van der Waals surface area contributed by atoms with Gasteiger partial charge < -0.3 is 10.4 Å². The lowest BCUT2D eigenvalue weighted by atomic mass is 10.1. The minimum Gasteiger partial charge on any atom is -0.477 e. The van der Waals surface area contributed by atoms with Gasteiger partial charge in [0.2, 0.25) is 5.91 Å². The molecule has 4 nitrogen and oxygen atoms in total. The molecule has 0 atom stereocenters. The maximum atomic E-state index is 11.7. The molecule has 0 saturated heterocycles. The minimum atomic E-state index is -0.931. The summed E-state index contributed by atoms with van der Waals surface area (Å²) in [4.78, 5) is 23.6. The Morgan fingerprint density at radius 1 is 1.24 bits per heavy atom. The Kier molecular flexibility index (Phi) is 5.83. The van der Waals surface area contributed by atoms with Crippen LogP contribution in [0.1, 0.15) is 15.2 Å². The lowest BCUT2D eigenvalue weighted by Gasteiger charge is -2.04. The zero-order valence-electron chi connectivity index (χ0n) is 11.2. The maximum absolute atomic E-state index is 11.7. The van der Waals surface area contributed by atoms with Crippen molar-refractivity contribution in [2.75, 3.05) is 12.3 Å². The molecule has 0 aliphatic rings. The molecule has 0 bridgehead atoms. The molecule has 0 radical (unpaired) electrons. The highest BCUT2D eigenvalue weighted by molar-refractivity contribution is 8.00. The monoisotopic (exact) mass is 321 g/mol. The third-order valence-corrected chi connectivity index (χ3v) is 4.78. The summed E-state index contributed by atoms with van der Waals surface area (Å²) in [7, 11) is 0. The third kappa shape index (κ3) is 5.24. The van der Waals surface area contributed by atoms with Gasteiger partial charge in [0.1, 0.15) is 4.88 Å². The van der Waals surface area contributed by atoms with Crippen molar-refractivity contribution in [3.63, 3.8) is 0 Å². The molecule has 2 rings (SSSR count). The average molecular weight is 321 g/mol. The van der Waals surface area contributed by atoms with Gasteiger partial charge >= 0.3 is 5.97 Å². The Labute approximate surface area is 131 Å². The molecule has 21 heavy (non-hydrogen) atoms. The van der Waals surface area contributed by atoms with E-state index in [0.29, 0.717) is 17.2 Å². The van der Waals surface area contributed by atoms with Gasteiger partial charge in [0.05, 0.1) is 5.75 Å². The number of thiophene rings is 1. The number of carboxylic acid groups (broad SMARTS) is 1. The predicted molar refractivity (Wildman–Crippen MR) is 85.2 cm³/mol. The summed E-state index contributed by atoms with van der Waals surface area (Å²) in [5.41, 5.74) is 1.19. The van der Waals surface area contributed by atoms with Crippen molar-refractivity contribution in [3.05, 3.63) is 52.2 Å². The number of carbonyl (C=O) groups is 2. The lowest BCUT2D eigenvalue weighted by molar-refractivity contribution is -0.118. The summed E-state index contributed by atoms with van der Waals surface area (Å²) in [6.45, 7) is 0.605. The molecule has 2 aromatic rings. The molecule has 0 aliphatic carbocycles. The highest BCUT2D eigenvalue weighted by Crippen LogP contribution is 2.24. The first-order valence-corrected chi connectivity index (χ1v) is 8.27. The van der Waals surface area contributed by atoms with Gasteiger partial charge in [-0.05, 0) is 18.1 Å². The highest BCUT2D eigenvalue weighted by atomic mass is 32.2. The smallest absolute Gasteiger partial charge is 0.345 e. The van der Waals surface area contributed by atoms with Gasteiger partial charge in [-0.25, -0.2) is 4.79 Å². The molecular formula is C15H15NO3S2. The van der Waals surface area contributed by atoms with E-state index in [1.165, 1.54) is 28.7 Å². The Hall–Kier alpha value is -1.79. The van der Waals surface area contributed by atoms with E-state index in [4.69, 9.17) is 5.11 Å². The van der Waals surface area contributed by atoms with Crippen molar-refractivity contribution in [2.24, 2.45) is 0 Å². The second-order valence-electron chi connectivity index (χ2n) is 4.33. The Morgan fingerprint density at radius 2 is 2.00 bits per heavy atom. The van der Waals surface area contributed by atoms with Crippen LogP contribution >= 0.6 is 23.1 Å². The fraction of sp³-hybridized carbons (Fsp3) is 0.200. The average Bonchev–Trinajstić information content (AvgIpc) is 2.95. The molecule has 110 valence electrons. The molecule has 1 heterocycles. The second-order valence-corrected chi connectivity index (χ2v) is 6.29. The van der Waals surface area contributed by atoms with Crippen molar-refractivity contribution in [3.8, 4) is 0 Å². The zero-order valence-corrected chi connectivity index (χ0v) is 12.9. The van der Waals surface area contributed by atoms with Gasteiger partial charge in [-0.1, -0.05) is 30.3 Å². The van der Waals surface area contributed by atoms with E-state index in [0.717, 1.165) is 11.3 Å². The van der Waals surface area contributed by atoms with Crippen LogP contribution in [0, 0.1) is 0 Å². The van der Waals surface area contributed by atoms with Crippen LogP contribution in [0.15, 0.2) is 46.7 Å². The van der Waals surface area contributed by atoms with Crippen molar-refractivity contribution in [1.82, 2.24) is 5.32 Å².